The number of phosphoric acid groups is 1. The van der Waals surface area contributed by atoms with E-state index in [9.17, 15) is 24.2 Å². The van der Waals surface area contributed by atoms with Crippen LogP contribution in [0.15, 0.2) is 85.1 Å². The Balaban J connectivity index is 3.64. The Morgan fingerprint density at radius 2 is 0.934 bits per heavy atom. The van der Waals surface area contributed by atoms with Crippen molar-refractivity contribution >= 4 is 19.7 Å². The summed E-state index contributed by atoms with van der Waals surface area (Å²) >= 11 is 0. The molecule has 0 aliphatic rings. The maximum atomic E-state index is 12.1. The van der Waals surface area contributed by atoms with E-state index in [0.717, 1.165) is 89.9 Å². The van der Waals surface area contributed by atoms with Gasteiger partial charge in [-0.1, -0.05) is 176 Å². The molecule has 0 fully saturated rings. The van der Waals surface area contributed by atoms with Gasteiger partial charge in [-0.2, -0.15) is 0 Å². The number of phosphoric ester groups is 1. The maximum absolute atomic E-state index is 12.1. The number of hydrogen-bond donors (Lipinski definition) is 3. The molecule has 0 aromatic heterocycles. The lowest BCUT2D eigenvalue weighted by Gasteiger charge is -2.15. The molecule has 1 amide bonds. The quantitative estimate of drug-likeness (QED) is 0.0239. The second-order valence-electron chi connectivity index (χ2n) is 15.7. The van der Waals surface area contributed by atoms with Gasteiger partial charge in [0.15, 0.2) is 0 Å². The number of unbranched alkanes of at least 4 members (excludes halogenated alkanes) is 17. The lowest BCUT2D eigenvalue weighted by Crippen LogP contribution is -2.27. The zero-order valence-electron chi connectivity index (χ0n) is 38.6. The molecule has 2 unspecified atom stereocenters. The molecule has 0 aliphatic carbocycles. The van der Waals surface area contributed by atoms with Gasteiger partial charge < -0.3 is 20.1 Å². The third-order valence-corrected chi connectivity index (χ3v) is 10.8. The Labute approximate surface area is 373 Å². The van der Waals surface area contributed by atoms with Crippen molar-refractivity contribution in [1.82, 2.24) is 5.32 Å². The van der Waals surface area contributed by atoms with Gasteiger partial charge in [0.25, 0.3) is 0 Å². The minimum atomic E-state index is -4.43. The molecular formula is C51H88NO8P. The van der Waals surface area contributed by atoms with Crippen LogP contribution < -0.4 is 5.32 Å². The Morgan fingerprint density at radius 1 is 0.525 bits per heavy atom. The van der Waals surface area contributed by atoms with Crippen molar-refractivity contribution in [3.8, 4) is 0 Å². The highest BCUT2D eigenvalue weighted by Gasteiger charge is 2.23. The van der Waals surface area contributed by atoms with Gasteiger partial charge in [-0.05, 0) is 89.9 Å². The fourth-order valence-electron chi connectivity index (χ4n) is 6.20. The fraction of sp³-hybridized carbons (Fsp3) is 0.686. The molecule has 0 aliphatic heterocycles. The summed E-state index contributed by atoms with van der Waals surface area (Å²) in [7, 11) is -4.43. The molecular weight excluding hydrogens is 786 g/mol. The molecule has 0 saturated carbocycles. The molecule has 3 N–H and O–H groups in total. The number of amides is 1. The van der Waals surface area contributed by atoms with Gasteiger partial charge in [-0.25, -0.2) is 4.57 Å². The highest BCUT2D eigenvalue weighted by Crippen LogP contribution is 2.42. The number of rotatable bonds is 44. The fourth-order valence-corrected chi connectivity index (χ4v) is 6.96. The first-order chi connectivity index (χ1) is 29.8. The topological polar surface area (TPSA) is 131 Å². The number of aliphatic hydroxyl groups is 1. The summed E-state index contributed by atoms with van der Waals surface area (Å²) in [6.07, 6.45) is 59.4. The van der Waals surface area contributed by atoms with E-state index in [0.29, 0.717) is 12.8 Å². The number of carbonyl (C=O) groups is 2. The number of allylic oxidation sites excluding steroid dienone is 14. The SMILES string of the molecule is CC/C=C\C/C=C\C/C=C\C/C=C\C/C=C\CCCCCCCC(=O)OCC(O)COP(=O)(O)OCCNC(=O)CCCCCCCCCCC/C=C\C/C=C\CCCCC. The van der Waals surface area contributed by atoms with E-state index in [4.69, 9.17) is 13.8 Å². The molecule has 61 heavy (non-hydrogen) atoms. The van der Waals surface area contributed by atoms with Crippen LogP contribution in [0.5, 0.6) is 0 Å². The zero-order chi connectivity index (χ0) is 44.6. The molecule has 0 rings (SSSR count). The molecule has 0 saturated heterocycles. The largest absolute Gasteiger partial charge is 0.472 e. The average Bonchev–Trinajstić information content (AvgIpc) is 3.25. The van der Waals surface area contributed by atoms with E-state index in [2.05, 4.69) is 104 Å². The standard InChI is InChI=1S/C51H88NO8P/c1-3-5-7-9-11-13-15-17-19-21-23-24-26-28-30-32-34-36-38-40-42-44-51(55)58-47-49(53)48-60-61(56,57)59-46-45-52-50(54)43-41-39-37-35-33-31-29-27-25-22-20-18-16-14-12-10-8-6-4-2/h5,7,11-14,17-20,23-24,28,30,49,53H,3-4,6,8-10,15-16,21-22,25-27,29,31-48H2,1-2H3,(H,52,54)(H,56,57)/b7-5-,13-11-,14-12-,19-17-,20-18-,24-23-,30-28-. The molecule has 2 atom stereocenters. The van der Waals surface area contributed by atoms with E-state index in [1.165, 1.54) is 70.6 Å². The highest BCUT2D eigenvalue weighted by molar-refractivity contribution is 7.47. The molecule has 350 valence electrons. The van der Waals surface area contributed by atoms with Crippen LogP contribution in [0.25, 0.3) is 0 Å². The lowest BCUT2D eigenvalue weighted by atomic mass is 10.1. The van der Waals surface area contributed by atoms with Crippen molar-refractivity contribution in [1.29, 1.82) is 0 Å². The van der Waals surface area contributed by atoms with E-state index in [1.807, 2.05) is 0 Å². The van der Waals surface area contributed by atoms with Crippen molar-refractivity contribution in [2.24, 2.45) is 0 Å². The van der Waals surface area contributed by atoms with Crippen LogP contribution in [0.3, 0.4) is 0 Å². The van der Waals surface area contributed by atoms with E-state index >= 15 is 0 Å². The van der Waals surface area contributed by atoms with E-state index < -0.39 is 26.5 Å². The van der Waals surface area contributed by atoms with Crippen LogP contribution in [0, 0.1) is 0 Å². The molecule has 9 nitrogen and oxygen atoms in total. The third kappa shape index (κ3) is 48.1. The van der Waals surface area contributed by atoms with Crippen molar-refractivity contribution < 1.29 is 37.9 Å². The minimum absolute atomic E-state index is 0.0726. The molecule has 0 aromatic carbocycles. The van der Waals surface area contributed by atoms with Crippen molar-refractivity contribution in [3.63, 3.8) is 0 Å². The first kappa shape index (κ1) is 58.2. The summed E-state index contributed by atoms with van der Waals surface area (Å²) in [6, 6.07) is 0. The summed E-state index contributed by atoms with van der Waals surface area (Å²) < 4.78 is 26.9. The predicted molar refractivity (Wildman–Crippen MR) is 256 cm³/mol. The van der Waals surface area contributed by atoms with E-state index in [1.54, 1.807) is 0 Å². The molecule has 0 bridgehead atoms. The van der Waals surface area contributed by atoms with Gasteiger partial charge >= 0.3 is 13.8 Å². The van der Waals surface area contributed by atoms with E-state index in [-0.39, 0.29) is 32.1 Å². The number of ether oxygens (including phenoxy) is 1. The van der Waals surface area contributed by atoms with Crippen molar-refractivity contribution in [2.75, 3.05) is 26.4 Å². The van der Waals surface area contributed by atoms with Crippen LogP contribution in [0.2, 0.25) is 0 Å². The summed E-state index contributed by atoms with van der Waals surface area (Å²) in [5.41, 5.74) is 0. The number of hydrogen-bond acceptors (Lipinski definition) is 7. The van der Waals surface area contributed by atoms with Gasteiger partial charge in [0.05, 0.1) is 13.2 Å². The average molecular weight is 874 g/mol. The van der Waals surface area contributed by atoms with Gasteiger partial charge in [-0.15, -0.1) is 0 Å². The van der Waals surface area contributed by atoms with Crippen LogP contribution in [-0.2, 0) is 27.9 Å². The van der Waals surface area contributed by atoms with Gasteiger partial charge in [0.1, 0.15) is 12.7 Å². The Morgan fingerprint density at radius 3 is 1.41 bits per heavy atom. The van der Waals surface area contributed by atoms with Crippen molar-refractivity contribution in [2.45, 2.75) is 200 Å². The zero-order valence-corrected chi connectivity index (χ0v) is 39.5. The van der Waals surface area contributed by atoms with Gasteiger partial charge in [0, 0.05) is 19.4 Å². The third-order valence-electron chi connectivity index (χ3n) is 9.81. The van der Waals surface area contributed by atoms with Crippen LogP contribution in [-0.4, -0.2) is 54.3 Å². The molecule has 0 spiro atoms. The summed E-state index contributed by atoms with van der Waals surface area (Å²) in [5, 5.41) is 12.7. The highest BCUT2D eigenvalue weighted by atomic mass is 31.2. The second kappa shape index (κ2) is 46.7. The van der Waals surface area contributed by atoms with Gasteiger partial charge in [0.2, 0.25) is 5.91 Å². The Kier molecular flexibility index (Phi) is 44.5. The second-order valence-corrected chi connectivity index (χ2v) is 17.1. The molecule has 0 radical (unpaired) electrons. The molecule has 0 heterocycles. The molecule has 10 heteroatoms. The lowest BCUT2D eigenvalue weighted by molar-refractivity contribution is -0.147. The molecule has 0 aromatic rings. The first-order valence-corrected chi connectivity index (χ1v) is 25.6. The van der Waals surface area contributed by atoms with Gasteiger partial charge in [-0.3, -0.25) is 18.6 Å². The number of esters is 1. The minimum Gasteiger partial charge on any atom is -0.463 e. The Hall–Kier alpha value is -2.81. The van der Waals surface area contributed by atoms with Crippen LogP contribution in [0.1, 0.15) is 194 Å². The number of aliphatic hydroxyl groups excluding tert-OH is 1. The van der Waals surface area contributed by atoms with Crippen LogP contribution in [0.4, 0.5) is 0 Å². The van der Waals surface area contributed by atoms with Crippen LogP contribution >= 0.6 is 7.82 Å². The normalized spacial score (nSPS) is 14.0. The van der Waals surface area contributed by atoms with Crippen molar-refractivity contribution in [3.05, 3.63) is 85.1 Å². The number of carbonyl (C=O) groups excluding carboxylic acids is 2. The smallest absolute Gasteiger partial charge is 0.463 e. The first-order valence-electron chi connectivity index (χ1n) is 24.1. The summed E-state index contributed by atoms with van der Waals surface area (Å²) in [5.74, 6) is -0.544. The Bertz CT molecular complexity index is 1270. The summed E-state index contributed by atoms with van der Waals surface area (Å²) in [4.78, 5) is 34.0. The maximum Gasteiger partial charge on any atom is 0.472 e. The summed E-state index contributed by atoms with van der Waals surface area (Å²) in [6.45, 7) is 3.39. The predicted octanol–water partition coefficient (Wildman–Crippen LogP) is 14.0. The number of nitrogens with one attached hydrogen (secondary N) is 1. The monoisotopic (exact) mass is 874 g/mol.